The quantitative estimate of drug-likeness (QED) is 0.393. The lowest BCUT2D eigenvalue weighted by Gasteiger charge is -2.26. The average Bonchev–Trinajstić information content (AvgIpc) is 2.81. The summed E-state index contributed by atoms with van der Waals surface area (Å²) in [7, 11) is 0. The van der Waals surface area contributed by atoms with Crippen LogP contribution in [0.5, 0.6) is 5.75 Å². The van der Waals surface area contributed by atoms with Crippen molar-refractivity contribution < 1.29 is 9.53 Å². The summed E-state index contributed by atoms with van der Waals surface area (Å²) >= 11 is 6.24. The van der Waals surface area contributed by atoms with Gasteiger partial charge in [0.2, 0.25) is 5.91 Å². The summed E-state index contributed by atoms with van der Waals surface area (Å²) in [5.41, 5.74) is 6.28. The van der Waals surface area contributed by atoms with Gasteiger partial charge in [-0.2, -0.15) is 0 Å². The molecule has 0 bridgehead atoms. The molecule has 3 aromatic rings. The Labute approximate surface area is 208 Å². The number of rotatable bonds is 10. The maximum Gasteiger partial charge on any atom is 0.330 e. The van der Waals surface area contributed by atoms with E-state index in [1.807, 2.05) is 51.1 Å². The standard InChI is InChI=1S/C25H30ClN5O4/c1-4-35-22-18(26)11-8-12-19(22)28-13-20(32)30(14-16(2)3)21-23(27)31(25(34)29-24(21)33)15-17-9-6-5-7-10-17/h5-12,16,28H,4,13-15,27H2,1-3H3,(H,29,33,34). The van der Waals surface area contributed by atoms with Gasteiger partial charge in [0.15, 0.2) is 11.4 Å². The van der Waals surface area contributed by atoms with Crippen molar-refractivity contribution >= 4 is 34.7 Å². The monoisotopic (exact) mass is 499 g/mol. The van der Waals surface area contributed by atoms with E-state index in [0.29, 0.717) is 23.1 Å². The number of anilines is 3. The van der Waals surface area contributed by atoms with Crippen LogP contribution in [0.25, 0.3) is 0 Å². The molecule has 0 aliphatic carbocycles. The third-order valence-corrected chi connectivity index (χ3v) is 5.50. The van der Waals surface area contributed by atoms with Gasteiger partial charge in [0.1, 0.15) is 5.82 Å². The molecule has 0 fully saturated rings. The number of ether oxygens (including phenoxy) is 1. The number of nitrogens with zero attached hydrogens (tertiary/aromatic N) is 2. The summed E-state index contributed by atoms with van der Waals surface area (Å²) in [5, 5.41) is 3.46. The smallest absolute Gasteiger partial charge is 0.330 e. The number of aromatic nitrogens is 2. The molecular weight excluding hydrogens is 470 g/mol. The Morgan fingerprint density at radius 1 is 1.17 bits per heavy atom. The van der Waals surface area contributed by atoms with Crippen molar-refractivity contribution in [3.63, 3.8) is 0 Å². The highest BCUT2D eigenvalue weighted by Crippen LogP contribution is 2.33. The number of nitrogens with two attached hydrogens (primary N) is 1. The van der Waals surface area contributed by atoms with Crippen LogP contribution in [0.2, 0.25) is 5.02 Å². The molecule has 1 heterocycles. The van der Waals surface area contributed by atoms with Gasteiger partial charge in [-0.15, -0.1) is 0 Å². The number of amides is 1. The molecular formula is C25H30ClN5O4. The highest BCUT2D eigenvalue weighted by molar-refractivity contribution is 6.32. The number of H-pyrrole nitrogens is 1. The fourth-order valence-electron chi connectivity index (χ4n) is 3.65. The van der Waals surface area contributed by atoms with Gasteiger partial charge in [-0.1, -0.05) is 61.8 Å². The van der Waals surface area contributed by atoms with Crippen LogP contribution in [-0.4, -0.2) is 35.2 Å². The molecule has 0 aliphatic heterocycles. The Balaban J connectivity index is 1.95. The summed E-state index contributed by atoms with van der Waals surface area (Å²) in [6, 6.07) is 14.4. The normalized spacial score (nSPS) is 10.9. The molecule has 4 N–H and O–H groups in total. The molecule has 1 aromatic heterocycles. The van der Waals surface area contributed by atoms with Crippen LogP contribution in [0, 0.1) is 5.92 Å². The van der Waals surface area contributed by atoms with Crippen LogP contribution < -0.4 is 31.9 Å². The average molecular weight is 500 g/mol. The lowest BCUT2D eigenvalue weighted by molar-refractivity contribution is -0.117. The molecule has 1 amide bonds. The lowest BCUT2D eigenvalue weighted by atomic mass is 10.2. The van der Waals surface area contributed by atoms with Crippen molar-refractivity contribution in [1.29, 1.82) is 0 Å². The number of nitrogens with one attached hydrogen (secondary N) is 2. The highest BCUT2D eigenvalue weighted by atomic mass is 35.5. The van der Waals surface area contributed by atoms with E-state index in [1.54, 1.807) is 18.2 Å². The number of carbonyl (C=O) groups is 1. The second-order valence-corrected chi connectivity index (χ2v) is 8.77. The van der Waals surface area contributed by atoms with Crippen LogP contribution in [0.1, 0.15) is 26.3 Å². The van der Waals surface area contributed by atoms with Crippen molar-refractivity contribution in [3.8, 4) is 5.75 Å². The zero-order chi connectivity index (χ0) is 25.5. The van der Waals surface area contributed by atoms with Crippen molar-refractivity contribution in [2.45, 2.75) is 27.3 Å². The van der Waals surface area contributed by atoms with Crippen LogP contribution >= 0.6 is 11.6 Å². The van der Waals surface area contributed by atoms with Crippen molar-refractivity contribution in [2.24, 2.45) is 5.92 Å². The van der Waals surface area contributed by atoms with Crippen LogP contribution in [0.4, 0.5) is 17.2 Å². The minimum absolute atomic E-state index is 0.0254. The van der Waals surface area contributed by atoms with Gasteiger partial charge in [-0.25, -0.2) is 4.79 Å². The zero-order valence-corrected chi connectivity index (χ0v) is 20.8. The van der Waals surface area contributed by atoms with E-state index in [1.165, 1.54) is 9.47 Å². The molecule has 0 atom stereocenters. The van der Waals surface area contributed by atoms with Gasteiger partial charge >= 0.3 is 5.69 Å². The molecule has 10 heteroatoms. The minimum Gasteiger partial charge on any atom is -0.490 e. The van der Waals surface area contributed by atoms with E-state index in [9.17, 15) is 14.4 Å². The van der Waals surface area contributed by atoms with Crippen LogP contribution in [0.15, 0.2) is 58.1 Å². The molecule has 0 unspecified atom stereocenters. The second-order valence-electron chi connectivity index (χ2n) is 8.37. The molecule has 3 rings (SSSR count). The number of aromatic amines is 1. The summed E-state index contributed by atoms with van der Waals surface area (Å²) < 4.78 is 6.86. The first kappa shape index (κ1) is 25.9. The number of benzene rings is 2. The Bertz CT molecular complexity index is 1290. The Kier molecular flexibility index (Phi) is 8.59. The first-order valence-electron chi connectivity index (χ1n) is 11.3. The zero-order valence-electron chi connectivity index (χ0n) is 20.0. The molecule has 0 saturated heterocycles. The van der Waals surface area contributed by atoms with E-state index in [4.69, 9.17) is 22.1 Å². The maximum atomic E-state index is 13.4. The first-order chi connectivity index (χ1) is 16.7. The predicted octanol–water partition coefficient (Wildman–Crippen LogP) is 3.32. The number of carbonyl (C=O) groups excluding carboxylic acids is 1. The number of nitrogen functional groups attached to an aromatic ring is 1. The summed E-state index contributed by atoms with van der Waals surface area (Å²) in [6.07, 6.45) is 0. The van der Waals surface area contributed by atoms with Gasteiger partial charge < -0.3 is 20.7 Å². The third kappa shape index (κ3) is 6.24. The minimum atomic E-state index is -0.719. The molecule has 0 spiro atoms. The molecule has 0 aliphatic rings. The fraction of sp³-hybridized carbons (Fsp3) is 0.320. The Hall–Kier alpha value is -3.72. The van der Waals surface area contributed by atoms with E-state index >= 15 is 0 Å². The van der Waals surface area contributed by atoms with Crippen LogP contribution in [0.3, 0.4) is 0 Å². The number of halogens is 1. The summed E-state index contributed by atoms with van der Waals surface area (Å²) in [4.78, 5) is 42.4. The summed E-state index contributed by atoms with van der Waals surface area (Å²) in [5.74, 6) is -0.0105. The fourth-order valence-corrected chi connectivity index (χ4v) is 3.88. The van der Waals surface area contributed by atoms with E-state index < -0.39 is 17.2 Å². The van der Waals surface area contributed by atoms with Gasteiger partial charge in [-0.3, -0.25) is 19.1 Å². The number of para-hydroxylation sites is 1. The van der Waals surface area contributed by atoms with Crippen LogP contribution in [-0.2, 0) is 11.3 Å². The topological polar surface area (TPSA) is 122 Å². The van der Waals surface area contributed by atoms with Crippen molar-refractivity contribution in [1.82, 2.24) is 9.55 Å². The summed E-state index contributed by atoms with van der Waals surface area (Å²) in [6.45, 7) is 6.31. The lowest BCUT2D eigenvalue weighted by Crippen LogP contribution is -2.44. The van der Waals surface area contributed by atoms with Gasteiger partial charge in [0.05, 0.1) is 30.4 Å². The second kappa shape index (κ2) is 11.6. The first-order valence-corrected chi connectivity index (χ1v) is 11.7. The largest absolute Gasteiger partial charge is 0.490 e. The third-order valence-electron chi connectivity index (χ3n) is 5.20. The number of hydrogen-bond acceptors (Lipinski definition) is 6. The van der Waals surface area contributed by atoms with Gasteiger partial charge in [0.25, 0.3) is 5.56 Å². The van der Waals surface area contributed by atoms with E-state index in [2.05, 4.69) is 10.3 Å². The highest BCUT2D eigenvalue weighted by Gasteiger charge is 2.25. The molecule has 35 heavy (non-hydrogen) atoms. The van der Waals surface area contributed by atoms with Crippen molar-refractivity contribution in [3.05, 3.63) is 80.0 Å². The molecule has 0 radical (unpaired) electrons. The number of hydrogen-bond donors (Lipinski definition) is 3. The molecule has 9 nitrogen and oxygen atoms in total. The van der Waals surface area contributed by atoms with E-state index in [-0.39, 0.29) is 37.1 Å². The molecule has 186 valence electrons. The Morgan fingerprint density at radius 3 is 2.54 bits per heavy atom. The SMILES string of the molecule is CCOc1c(Cl)cccc1NCC(=O)N(CC(C)C)c1c(N)n(Cc2ccccc2)c(=O)[nH]c1=O. The van der Waals surface area contributed by atoms with Gasteiger partial charge in [0, 0.05) is 6.54 Å². The molecule has 2 aromatic carbocycles. The van der Waals surface area contributed by atoms with E-state index in [0.717, 1.165) is 5.56 Å². The van der Waals surface area contributed by atoms with Gasteiger partial charge in [-0.05, 0) is 30.5 Å². The maximum absolute atomic E-state index is 13.4. The Morgan fingerprint density at radius 2 is 1.89 bits per heavy atom. The van der Waals surface area contributed by atoms with Crippen molar-refractivity contribution in [2.75, 3.05) is 35.6 Å². The predicted molar refractivity (Wildman–Crippen MR) is 140 cm³/mol. The molecule has 0 saturated carbocycles.